The normalized spacial score (nSPS) is 13.5. The summed E-state index contributed by atoms with van der Waals surface area (Å²) >= 11 is 0. The van der Waals surface area contributed by atoms with Crippen LogP contribution in [0.3, 0.4) is 0 Å². The Morgan fingerprint density at radius 1 is 1.08 bits per heavy atom. The van der Waals surface area contributed by atoms with E-state index in [9.17, 15) is 9.90 Å². The lowest BCUT2D eigenvalue weighted by molar-refractivity contribution is 0.0526. The van der Waals surface area contributed by atoms with Gasteiger partial charge < -0.3 is 20.1 Å². The quantitative estimate of drug-likeness (QED) is 0.284. The number of pyridine rings is 1. The van der Waals surface area contributed by atoms with Crippen LogP contribution in [0.1, 0.15) is 47.3 Å². The van der Waals surface area contributed by atoms with Gasteiger partial charge in [0.25, 0.3) is 0 Å². The van der Waals surface area contributed by atoms with E-state index < -0.39 is 0 Å². The van der Waals surface area contributed by atoms with E-state index in [0.717, 1.165) is 59.7 Å². The Balaban J connectivity index is 1.44. The maximum absolute atomic E-state index is 12.9. The molecule has 39 heavy (non-hydrogen) atoms. The Bertz CT molecular complexity index is 1440. The smallest absolute Gasteiger partial charge is 0.340 e. The molecule has 3 heterocycles. The van der Waals surface area contributed by atoms with E-state index in [1.54, 1.807) is 13.1 Å². The van der Waals surface area contributed by atoms with Gasteiger partial charge in [-0.15, -0.1) is 0 Å². The van der Waals surface area contributed by atoms with Crippen molar-refractivity contribution in [1.82, 2.24) is 15.0 Å². The number of hydrogen-bond donors (Lipinski definition) is 2. The van der Waals surface area contributed by atoms with Gasteiger partial charge in [-0.1, -0.05) is 54.6 Å². The van der Waals surface area contributed by atoms with E-state index >= 15 is 0 Å². The number of carbonyl (C=O) groups is 1. The topological polar surface area (TPSA) is 100 Å². The second-order valence-electron chi connectivity index (χ2n) is 9.67. The number of aliphatic hydroxyl groups excluding tert-OH is 1. The molecule has 0 radical (unpaired) electrons. The molecule has 0 bridgehead atoms. The molecule has 4 aromatic rings. The summed E-state index contributed by atoms with van der Waals surface area (Å²) in [5, 5.41) is 12.8. The number of benzene rings is 2. The van der Waals surface area contributed by atoms with E-state index in [-0.39, 0.29) is 18.6 Å². The molecule has 0 saturated heterocycles. The van der Waals surface area contributed by atoms with Crippen LogP contribution < -0.4 is 10.2 Å². The predicted octanol–water partition coefficient (Wildman–Crippen LogP) is 5.34. The van der Waals surface area contributed by atoms with Crippen molar-refractivity contribution in [3.05, 3.63) is 95.2 Å². The molecule has 0 fully saturated rings. The number of ether oxygens (including phenoxy) is 1. The third-order valence-electron chi connectivity index (χ3n) is 6.71. The van der Waals surface area contributed by atoms with E-state index in [0.29, 0.717) is 23.8 Å². The first-order valence-electron chi connectivity index (χ1n) is 13.4. The van der Waals surface area contributed by atoms with Crippen LogP contribution >= 0.6 is 0 Å². The molecule has 0 spiro atoms. The van der Waals surface area contributed by atoms with Gasteiger partial charge >= 0.3 is 5.97 Å². The Labute approximate surface area is 228 Å². The molecule has 1 aliphatic heterocycles. The fraction of sp³-hybridized carbons (Fsp3) is 0.290. The Kier molecular flexibility index (Phi) is 8.13. The number of nitrogens with one attached hydrogen (secondary N) is 1. The average Bonchev–Trinajstić information content (AvgIpc) is 2.97. The highest BCUT2D eigenvalue weighted by Crippen LogP contribution is 2.35. The molecule has 0 saturated carbocycles. The zero-order valence-electron chi connectivity index (χ0n) is 22.3. The van der Waals surface area contributed by atoms with Gasteiger partial charge in [-0.05, 0) is 61.9 Å². The van der Waals surface area contributed by atoms with Gasteiger partial charge in [-0.25, -0.2) is 14.8 Å². The third-order valence-corrected chi connectivity index (χ3v) is 6.71. The summed E-state index contributed by atoms with van der Waals surface area (Å²) in [6.07, 6.45) is 4.25. The van der Waals surface area contributed by atoms with Crippen molar-refractivity contribution in [2.75, 3.05) is 23.4 Å². The predicted molar refractivity (Wildman–Crippen MR) is 152 cm³/mol. The molecule has 200 valence electrons. The molecular formula is C31H33N5O3. The lowest BCUT2D eigenvalue weighted by atomic mass is 9.99. The minimum absolute atomic E-state index is 0.0272. The number of hydrogen-bond acceptors (Lipinski definition) is 8. The van der Waals surface area contributed by atoms with Crippen molar-refractivity contribution in [2.45, 2.75) is 45.8 Å². The van der Waals surface area contributed by atoms with Gasteiger partial charge in [-0.2, -0.15) is 4.98 Å². The summed E-state index contributed by atoms with van der Waals surface area (Å²) in [5.74, 6) is 1.72. The maximum atomic E-state index is 12.9. The third kappa shape index (κ3) is 6.07. The summed E-state index contributed by atoms with van der Waals surface area (Å²) in [7, 11) is 0. The number of nitrogens with zero attached hydrogens (tertiary/aromatic N) is 4. The summed E-state index contributed by atoms with van der Waals surface area (Å²) in [6, 6.07) is 21.6. The fourth-order valence-electron chi connectivity index (χ4n) is 4.95. The second-order valence-corrected chi connectivity index (χ2v) is 9.67. The molecule has 8 heteroatoms. The van der Waals surface area contributed by atoms with Crippen LogP contribution in [0.4, 0.5) is 17.6 Å². The lowest BCUT2D eigenvalue weighted by Gasteiger charge is -2.30. The van der Waals surface area contributed by atoms with Crippen molar-refractivity contribution in [3.63, 3.8) is 0 Å². The highest BCUT2D eigenvalue weighted by molar-refractivity contribution is 5.97. The fourth-order valence-corrected chi connectivity index (χ4v) is 4.95. The summed E-state index contributed by atoms with van der Waals surface area (Å²) in [5.41, 5.74) is 4.97. The van der Waals surface area contributed by atoms with Crippen LogP contribution in [0.5, 0.6) is 0 Å². The molecule has 2 aromatic heterocycles. The maximum Gasteiger partial charge on any atom is 0.340 e. The number of aliphatic hydroxyl groups is 1. The van der Waals surface area contributed by atoms with E-state index in [2.05, 4.69) is 28.2 Å². The van der Waals surface area contributed by atoms with Crippen molar-refractivity contribution in [3.8, 4) is 11.3 Å². The van der Waals surface area contributed by atoms with Gasteiger partial charge in [-0.3, -0.25) is 0 Å². The van der Waals surface area contributed by atoms with Gasteiger partial charge in [0.15, 0.2) is 0 Å². The van der Waals surface area contributed by atoms with Crippen molar-refractivity contribution >= 4 is 23.6 Å². The largest absolute Gasteiger partial charge is 0.462 e. The number of rotatable bonds is 9. The number of fused-ring (bicyclic) bond motifs is 1. The summed E-state index contributed by atoms with van der Waals surface area (Å²) in [6.45, 7) is 4.98. The number of anilines is 3. The molecule has 2 N–H and O–H groups in total. The molecule has 5 rings (SSSR count). The lowest BCUT2D eigenvalue weighted by Crippen LogP contribution is -2.28. The highest BCUT2D eigenvalue weighted by atomic mass is 16.5. The monoisotopic (exact) mass is 523 g/mol. The first-order chi connectivity index (χ1) is 19.1. The molecule has 1 aliphatic rings. The van der Waals surface area contributed by atoms with Crippen LogP contribution in [-0.4, -0.2) is 45.2 Å². The van der Waals surface area contributed by atoms with Crippen LogP contribution in [0.2, 0.25) is 0 Å². The molecule has 1 unspecified atom stereocenters. The van der Waals surface area contributed by atoms with Crippen LogP contribution in [0.25, 0.3) is 11.3 Å². The Morgan fingerprint density at radius 3 is 2.69 bits per heavy atom. The van der Waals surface area contributed by atoms with Crippen molar-refractivity contribution < 1.29 is 14.6 Å². The molecule has 0 aliphatic carbocycles. The standard InChI is InChI=1S/C31H33N5O3/c1-3-39-30(38)26-19-25-13-8-16-36(29(25)35-28(26)24-11-5-4-6-12-24)27-14-15-32-31(34-27)33-21(2)17-22-9-7-10-23(18-22)20-37/h4-7,9-12,14-15,18-19,21,37H,3,8,13,16-17,20H2,1-2H3,(H,32,33,34). The van der Waals surface area contributed by atoms with E-state index in [1.165, 1.54) is 0 Å². The van der Waals surface area contributed by atoms with Crippen LogP contribution in [0.15, 0.2) is 72.9 Å². The molecule has 0 amide bonds. The van der Waals surface area contributed by atoms with Crippen LogP contribution in [0, 0.1) is 0 Å². The second kappa shape index (κ2) is 12.0. The van der Waals surface area contributed by atoms with Crippen LogP contribution in [-0.2, 0) is 24.2 Å². The Morgan fingerprint density at radius 2 is 1.90 bits per heavy atom. The van der Waals surface area contributed by atoms with Crippen molar-refractivity contribution in [1.29, 1.82) is 0 Å². The van der Waals surface area contributed by atoms with E-state index in [1.807, 2.05) is 60.7 Å². The molecular weight excluding hydrogens is 490 g/mol. The average molecular weight is 524 g/mol. The number of esters is 1. The first kappa shape index (κ1) is 26.3. The van der Waals surface area contributed by atoms with Gasteiger partial charge in [0.2, 0.25) is 5.95 Å². The summed E-state index contributed by atoms with van der Waals surface area (Å²) < 4.78 is 5.37. The zero-order valence-corrected chi connectivity index (χ0v) is 22.3. The molecule has 1 atom stereocenters. The van der Waals surface area contributed by atoms with Gasteiger partial charge in [0, 0.05) is 24.3 Å². The number of aryl methyl sites for hydroxylation is 1. The molecule has 8 nitrogen and oxygen atoms in total. The van der Waals surface area contributed by atoms with Crippen molar-refractivity contribution in [2.24, 2.45) is 0 Å². The highest BCUT2D eigenvalue weighted by Gasteiger charge is 2.26. The zero-order chi connectivity index (χ0) is 27.2. The SMILES string of the molecule is CCOC(=O)c1cc2c(nc1-c1ccccc1)N(c1ccnc(NC(C)Cc3cccc(CO)c3)n1)CCC2. The summed E-state index contributed by atoms with van der Waals surface area (Å²) in [4.78, 5) is 29.3. The first-order valence-corrected chi connectivity index (χ1v) is 13.4. The van der Waals surface area contributed by atoms with Gasteiger partial charge in [0.1, 0.15) is 11.6 Å². The van der Waals surface area contributed by atoms with E-state index in [4.69, 9.17) is 14.7 Å². The molecule has 2 aromatic carbocycles. The number of aromatic nitrogens is 3. The minimum Gasteiger partial charge on any atom is -0.462 e. The Hall–Kier alpha value is -4.30. The minimum atomic E-state index is -0.365. The van der Waals surface area contributed by atoms with Gasteiger partial charge in [0.05, 0.1) is 24.5 Å². The number of carbonyl (C=O) groups excluding carboxylic acids is 1.